The van der Waals surface area contributed by atoms with E-state index in [0.717, 1.165) is 24.2 Å². The van der Waals surface area contributed by atoms with E-state index < -0.39 is 0 Å². The average molecular weight is 246 g/mol. The molecule has 2 heteroatoms. The lowest BCUT2D eigenvalue weighted by Gasteiger charge is -2.23. The standard InChI is InChI=1S/C16H26N2/c1-12(2)8-9-18(15-6-7-15)11-14-5-4-13(3)16(17)10-14/h4-5,10,12,15H,6-9,11,17H2,1-3H3. The summed E-state index contributed by atoms with van der Waals surface area (Å²) < 4.78 is 0. The van der Waals surface area contributed by atoms with E-state index in [-0.39, 0.29) is 0 Å². The molecule has 0 unspecified atom stereocenters. The van der Waals surface area contributed by atoms with Crippen molar-refractivity contribution in [1.82, 2.24) is 4.90 Å². The number of nitrogens with two attached hydrogens (primary N) is 1. The topological polar surface area (TPSA) is 29.3 Å². The van der Waals surface area contributed by atoms with Crippen LogP contribution in [-0.2, 0) is 6.54 Å². The largest absolute Gasteiger partial charge is 0.399 e. The van der Waals surface area contributed by atoms with Crippen LogP contribution in [0.2, 0.25) is 0 Å². The second kappa shape index (κ2) is 5.75. The van der Waals surface area contributed by atoms with Gasteiger partial charge in [-0.3, -0.25) is 4.90 Å². The van der Waals surface area contributed by atoms with Crippen LogP contribution >= 0.6 is 0 Å². The third kappa shape index (κ3) is 3.74. The Morgan fingerprint density at radius 3 is 2.61 bits per heavy atom. The van der Waals surface area contributed by atoms with Crippen molar-refractivity contribution in [3.63, 3.8) is 0 Å². The molecule has 18 heavy (non-hydrogen) atoms. The van der Waals surface area contributed by atoms with E-state index in [2.05, 4.69) is 43.9 Å². The summed E-state index contributed by atoms with van der Waals surface area (Å²) in [7, 11) is 0. The molecule has 0 heterocycles. The highest BCUT2D eigenvalue weighted by Gasteiger charge is 2.28. The Labute approximate surface area is 111 Å². The van der Waals surface area contributed by atoms with Crippen LogP contribution in [0.25, 0.3) is 0 Å². The lowest BCUT2D eigenvalue weighted by Crippen LogP contribution is -2.27. The number of nitrogens with zero attached hydrogens (tertiary/aromatic N) is 1. The van der Waals surface area contributed by atoms with Gasteiger partial charge in [0.05, 0.1) is 0 Å². The predicted molar refractivity (Wildman–Crippen MR) is 78.5 cm³/mol. The highest BCUT2D eigenvalue weighted by atomic mass is 15.2. The minimum absolute atomic E-state index is 0.786. The molecule has 0 atom stereocenters. The van der Waals surface area contributed by atoms with Crippen molar-refractivity contribution in [2.75, 3.05) is 12.3 Å². The van der Waals surface area contributed by atoms with Crippen LogP contribution in [0.5, 0.6) is 0 Å². The summed E-state index contributed by atoms with van der Waals surface area (Å²) in [5.41, 5.74) is 9.45. The third-order valence-corrected chi connectivity index (χ3v) is 3.79. The number of hydrogen-bond acceptors (Lipinski definition) is 2. The van der Waals surface area contributed by atoms with Gasteiger partial charge in [-0.25, -0.2) is 0 Å². The number of nitrogen functional groups attached to an aromatic ring is 1. The first-order chi connectivity index (χ1) is 8.56. The zero-order valence-corrected chi connectivity index (χ0v) is 11.9. The smallest absolute Gasteiger partial charge is 0.0346 e. The zero-order chi connectivity index (χ0) is 13.1. The van der Waals surface area contributed by atoms with Crippen molar-refractivity contribution >= 4 is 5.69 Å². The fourth-order valence-electron chi connectivity index (χ4n) is 2.28. The number of aryl methyl sites for hydroxylation is 1. The molecule has 0 radical (unpaired) electrons. The molecule has 1 fully saturated rings. The summed E-state index contributed by atoms with van der Waals surface area (Å²) in [5, 5.41) is 0. The summed E-state index contributed by atoms with van der Waals surface area (Å²) in [6.07, 6.45) is 4.04. The van der Waals surface area contributed by atoms with E-state index in [4.69, 9.17) is 5.73 Å². The van der Waals surface area contributed by atoms with Crippen LogP contribution in [0, 0.1) is 12.8 Å². The van der Waals surface area contributed by atoms with Crippen LogP contribution in [0.3, 0.4) is 0 Å². The summed E-state index contributed by atoms with van der Waals surface area (Å²) in [6.45, 7) is 8.94. The van der Waals surface area contributed by atoms with E-state index >= 15 is 0 Å². The molecule has 0 spiro atoms. The van der Waals surface area contributed by atoms with Gasteiger partial charge < -0.3 is 5.73 Å². The number of benzene rings is 1. The second-order valence-corrected chi connectivity index (χ2v) is 6.08. The molecule has 1 aliphatic rings. The second-order valence-electron chi connectivity index (χ2n) is 6.08. The Balaban J connectivity index is 1.97. The minimum atomic E-state index is 0.786. The van der Waals surface area contributed by atoms with Crippen molar-refractivity contribution in [3.8, 4) is 0 Å². The number of anilines is 1. The van der Waals surface area contributed by atoms with Crippen LogP contribution in [0.4, 0.5) is 5.69 Å². The van der Waals surface area contributed by atoms with Gasteiger partial charge in [0.2, 0.25) is 0 Å². The van der Waals surface area contributed by atoms with Gasteiger partial charge in [0.25, 0.3) is 0 Å². The first-order valence-electron chi connectivity index (χ1n) is 7.15. The molecule has 1 aromatic rings. The van der Waals surface area contributed by atoms with Crippen molar-refractivity contribution in [3.05, 3.63) is 29.3 Å². The molecule has 100 valence electrons. The Morgan fingerprint density at radius 2 is 2.06 bits per heavy atom. The molecular weight excluding hydrogens is 220 g/mol. The van der Waals surface area contributed by atoms with Crippen LogP contribution in [-0.4, -0.2) is 17.5 Å². The first kappa shape index (κ1) is 13.4. The van der Waals surface area contributed by atoms with Gasteiger partial charge in [0, 0.05) is 18.3 Å². The SMILES string of the molecule is Cc1ccc(CN(CCC(C)C)C2CC2)cc1N. The van der Waals surface area contributed by atoms with Gasteiger partial charge in [0.15, 0.2) is 0 Å². The zero-order valence-electron chi connectivity index (χ0n) is 11.9. The molecule has 0 bridgehead atoms. The predicted octanol–water partition coefficient (Wildman–Crippen LogP) is 3.59. The fourth-order valence-corrected chi connectivity index (χ4v) is 2.28. The van der Waals surface area contributed by atoms with Gasteiger partial charge in [0.1, 0.15) is 0 Å². The van der Waals surface area contributed by atoms with E-state index in [1.54, 1.807) is 0 Å². The van der Waals surface area contributed by atoms with E-state index in [1.807, 2.05) is 0 Å². The lowest BCUT2D eigenvalue weighted by atomic mass is 10.1. The molecule has 0 aromatic heterocycles. The number of rotatable bonds is 6. The van der Waals surface area contributed by atoms with Crippen molar-refractivity contribution < 1.29 is 0 Å². The summed E-state index contributed by atoms with van der Waals surface area (Å²) in [4.78, 5) is 2.63. The number of hydrogen-bond donors (Lipinski definition) is 1. The maximum absolute atomic E-state index is 5.99. The van der Waals surface area contributed by atoms with Gasteiger partial charge in [-0.1, -0.05) is 26.0 Å². The normalized spacial score (nSPS) is 15.6. The average Bonchev–Trinajstić information content (AvgIpc) is 3.13. The molecule has 2 rings (SSSR count). The monoisotopic (exact) mass is 246 g/mol. The van der Waals surface area contributed by atoms with Gasteiger partial charge in [-0.2, -0.15) is 0 Å². The van der Waals surface area contributed by atoms with E-state index in [9.17, 15) is 0 Å². The minimum Gasteiger partial charge on any atom is -0.399 e. The Hall–Kier alpha value is -1.02. The Morgan fingerprint density at radius 1 is 1.33 bits per heavy atom. The van der Waals surface area contributed by atoms with Crippen LogP contribution in [0.15, 0.2) is 18.2 Å². The van der Waals surface area contributed by atoms with Crippen molar-refractivity contribution in [2.24, 2.45) is 5.92 Å². The van der Waals surface area contributed by atoms with Gasteiger partial charge >= 0.3 is 0 Å². The fraction of sp³-hybridized carbons (Fsp3) is 0.625. The quantitative estimate of drug-likeness (QED) is 0.777. The van der Waals surface area contributed by atoms with E-state index in [0.29, 0.717) is 0 Å². The lowest BCUT2D eigenvalue weighted by molar-refractivity contribution is 0.239. The van der Waals surface area contributed by atoms with E-state index in [1.165, 1.54) is 36.9 Å². The van der Waals surface area contributed by atoms with Crippen LogP contribution < -0.4 is 5.73 Å². The molecule has 1 saturated carbocycles. The summed E-state index contributed by atoms with van der Waals surface area (Å²) in [5.74, 6) is 0.786. The summed E-state index contributed by atoms with van der Waals surface area (Å²) in [6, 6.07) is 7.32. The van der Waals surface area contributed by atoms with Crippen molar-refractivity contribution in [2.45, 2.75) is 52.6 Å². The first-order valence-corrected chi connectivity index (χ1v) is 7.15. The third-order valence-electron chi connectivity index (χ3n) is 3.79. The highest BCUT2D eigenvalue weighted by molar-refractivity contribution is 5.48. The summed E-state index contributed by atoms with van der Waals surface area (Å²) >= 11 is 0. The molecule has 0 amide bonds. The molecule has 2 nitrogen and oxygen atoms in total. The highest BCUT2D eigenvalue weighted by Crippen LogP contribution is 2.29. The maximum Gasteiger partial charge on any atom is 0.0346 e. The Bertz CT molecular complexity index is 394. The molecule has 2 N–H and O–H groups in total. The Kier molecular flexibility index (Phi) is 4.28. The molecule has 0 aliphatic heterocycles. The molecule has 0 saturated heterocycles. The molecular formula is C16H26N2. The van der Waals surface area contributed by atoms with Gasteiger partial charge in [-0.05, 0) is 55.8 Å². The van der Waals surface area contributed by atoms with Crippen molar-refractivity contribution in [1.29, 1.82) is 0 Å². The molecule has 1 aliphatic carbocycles. The molecule has 1 aromatic carbocycles. The maximum atomic E-state index is 5.99. The van der Waals surface area contributed by atoms with Gasteiger partial charge in [-0.15, -0.1) is 0 Å². The van der Waals surface area contributed by atoms with Crippen LogP contribution in [0.1, 0.15) is 44.2 Å².